The molecule has 1 amide bonds. The summed E-state index contributed by atoms with van der Waals surface area (Å²) in [5.74, 6) is -1.15. The number of fused-ring (bicyclic) bond motifs is 1. The molecule has 192 valence electrons. The standard InChI is InChI=1S/C26H30FN3O4S2/c1-2-18-9-10-22-23(16-18)35-26(28-22)30(17-20-6-5-15-34-20)25(31)19-11-13-29(14-12-19)36(32,33)24-8-4-3-7-21(24)27/h3-4,7-10,16,19-20H,2,5-6,11-15,17H2,1H3. The SMILES string of the molecule is CCc1ccc2nc(N(CC3CCCO3)C(=O)C3CCN(S(=O)(=O)c4ccccc4F)CC3)sc2c1. The second-order valence-corrected chi connectivity index (χ2v) is 12.3. The number of sulfonamides is 1. The molecule has 2 saturated heterocycles. The molecule has 36 heavy (non-hydrogen) atoms. The highest BCUT2D eigenvalue weighted by Crippen LogP contribution is 2.34. The number of rotatable bonds is 7. The van der Waals surface area contributed by atoms with E-state index in [-0.39, 0.29) is 35.9 Å². The zero-order valence-corrected chi connectivity index (χ0v) is 21.9. The number of amides is 1. The van der Waals surface area contributed by atoms with Gasteiger partial charge in [-0.15, -0.1) is 0 Å². The van der Waals surface area contributed by atoms with Crippen LogP contribution >= 0.6 is 11.3 Å². The molecular formula is C26H30FN3O4S2. The smallest absolute Gasteiger partial charge is 0.245 e. The molecule has 0 aliphatic carbocycles. The van der Waals surface area contributed by atoms with E-state index < -0.39 is 15.8 Å². The lowest BCUT2D eigenvalue weighted by Gasteiger charge is -2.33. The highest BCUT2D eigenvalue weighted by molar-refractivity contribution is 7.89. The van der Waals surface area contributed by atoms with Crippen molar-refractivity contribution < 1.29 is 22.3 Å². The molecule has 3 heterocycles. The van der Waals surface area contributed by atoms with Crippen LogP contribution in [0, 0.1) is 11.7 Å². The summed E-state index contributed by atoms with van der Waals surface area (Å²) in [6, 6.07) is 11.6. The van der Waals surface area contributed by atoms with Crippen molar-refractivity contribution in [3.05, 3.63) is 53.8 Å². The van der Waals surface area contributed by atoms with Gasteiger partial charge in [0.05, 0.1) is 22.9 Å². The van der Waals surface area contributed by atoms with Crippen molar-refractivity contribution in [3.63, 3.8) is 0 Å². The van der Waals surface area contributed by atoms with Crippen LogP contribution in [-0.4, -0.2) is 56.0 Å². The zero-order valence-electron chi connectivity index (χ0n) is 20.2. The number of carbonyl (C=O) groups is 1. The lowest BCUT2D eigenvalue weighted by molar-refractivity contribution is -0.123. The fourth-order valence-electron chi connectivity index (χ4n) is 4.90. The van der Waals surface area contributed by atoms with Gasteiger partial charge in [-0.25, -0.2) is 17.8 Å². The number of anilines is 1. The first-order chi connectivity index (χ1) is 17.4. The number of halogens is 1. The molecule has 1 aromatic heterocycles. The lowest BCUT2D eigenvalue weighted by Crippen LogP contribution is -2.46. The van der Waals surface area contributed by atoms with Crippen LogP contribution in [0.4, 0.5) is 9.52 Å². The first-order valence-corrected chi connectivity index (χ1v) is 14.7. The predicted molar refractivity (Wildman–Crippen MR) is 138 cm³/mol. The lowest BCUT2D eigenvalue weighted by atomic mass is 9.96. The van der Waals surface area contributed by atoms with E-state index in [2.05, 4.69) is 19.1 Å². The van der Waals surface area contributed by atoms with Crippen molar-refractivity contribution in [1.82, 2.24) is 9.29 Å². The molecule has 0 spiro atoms. The van der Waals surface area contributed by atoms with E-state index in [0.29, 0.717) is 31.1 Å². The normalized spacial score (nSPS) is 19.7. The second-order valence-electron chi connectivity index (χ2n) is 9.34. The van der Waals surface area contributed by atoms with Crippen molar-refractivity contribution in [1.29, 1.82) is 0 Å². The molecule has 7 nitrogen and oxygen atoms in total. The fourth-order valence-corrected chi connectivity index (χ4v) is 7.48. The third-order valence-corrected chi connectivity index (χ3v) is 9.99. The van der Waals surface area contributed by atoms with Gasteiger partial charge in [0.15, 0.2) is 5.13 Å². The summed E-state index contributed by atoms with van der Waals surface area (Å²) in [5, 5.41) is 0.653. The van der Waals surface area contributed by atoms with E-state index in [4.69, 9.17) is 9.72 Å². The van der Waals surface area contributed by atoms with Crippen molar-refractivity contribution in [3.8, 4) is 0 Å². The number of aryl methyl sites for hydroxylation is 1. The van der Waals surface area contributed by atoms with Crippen LogP contribution in [0.5, 0.6) is 0 Å². The number of hydrogen-bond donors (Lipinski definition) is 0. The summed E-state index contributed by atoms with van der Waals surface area (Å²) < 4.78 is 48.3. The van der Waals surface area contributed by atoms with Crippen LogP contribution in [0.2, 0.25) is 0 Å². The van der Waals surface area contributed by atoms with E-state index in [0.717, 1.165) is 35.5 Å². The van der Waals surface area contributed by atoms with Crippen LogP contribution in [0.25, 0.3) is 10.2 Å². The molecule has 2 aromatic carbocycles. The van der Waals surface area contributed by atoms with Gasteiger partial charge in [0.25, 0.3) is 0 Å². The Labute approximate surface area is 214 Å². The minimum absolute atomic E-state index is 0.0336. The van der Waals surface area contributed by atoms with Crippen molar-refractivity contribution >= 4 is 42.6 Å². The molecule has 2 fully saturated rings. The summed E-state index contributed by atoms with van der Waals surface area (Å²) in [6.07, 6.45) is 3.51. The fraction of sp³-hybridized carbons (Fsp3) is 0.462. The summed E-state index contributed by atoms with van der Waals surface area (Å²) in [5.41, 5.74) is 2.08. The number of nitrogens with zero attached hydrogens (tertiary/aromatic N) is 3. The minimum atomic E-state index is -3.95. The number of piperidine rings is 1. The minimum Gasteiger partial charge on any atom is -0.376 e. The molecular weight excluding hydrogens is 501 g/mol. The molecule has 0 bridgehead atoms. The summed E-state index contributed by atoms with van der Waals surface area (Å²) in [7, 11) is -3.95. The topological polar surface area (TPSA) is 79.8 Å². The predicted octanol–water partition coefficient (Wildman–Crippen LogP) is 4.61. The molecule has 0 N–H and O–H groups in total. The molecule has 5 rings (SSSR count). The Morgan fingerprint density at radius 1 is 1.19 bits per heavy atom. The number of carbonyl (C=O) groups excluding carboxylic acids is 1. The number of ether oxygens (including phenoxy) is 1. The Bertz CT molecular complexity index is 1350. The van der Waals surface area contributed by atoms with Crippen LogP contribution < -0.4 is 4.90 Å². The Kier molecular flexibility index (Phi) is 7.39. The number of hydrogen-bond acceptors (Lipinski definition) is 6. The van der Waals surface area contributed by atoms with Gasteiger partial charge < -0.3 is 4.74 Å². The molecule has 1 atom stereocenters. The molecule has 3 aromatic rings. The van der Waals surface area contributed by atoms with Crippen molar-refractivity contribution in [2.75, 3.05) is 31.1 Å². The molecule has 0 radical (unpaired) electrons. The van der Waals surface area contributed by atoms with Crippen molar-refractivity contribution in [2.45, 2.75) is 50.0 Å². The van der Waals surface area contributed by atoms with Gasteiger partial charge in [-0.2, -0.15) is 4.31 Å². The second kappa shape index (κ2) is 10.5. The van der Waals surface area contributed by atoms with E-state index in [1.165, 1.54) is 39.4 Å². The van der Waals surface area contributed by atoms with E-state index in [1.54, 1.807) is 4.90 Å². The Hall–Kier alpha value is -2.40. The van der Waals surface area contributed by atoms with Crippen LogP contribution in [0.1, 0.15) is 38.2 Å². The summed E-state index contributed by atoms with van der Waals surface area (Å²) in [6.45, 7) is 3.57. The average Bonchev–Trinajstić information content (AvgIpc) is 3.56. The molecule has 2 aliphatic rings. The number of aromatic nitrogens is 1. The molecule has 0 saturated carbocycles. The monoisotopic (exact) mass is 531 g/mol. The van der Waals surface area contributed by atoms with E-state index in [9.17, 15) is 17.6 Å². The van der Waals surface area contributed by atoms with E-state index >= 15 is 0 Å². The molecule has 10 heteroatoms. The first-order valence-electron chi connectivity index (χ1n) is 12.4. The first kappa shape index (κ1) is 25.3. The Morgan fingerprint density at radius 2 is 1.97 bits per heavy atom. The van der Waals surface area contributed by atoms with Crippen LogP contribution in [0.15, 0.2) is 47.4 Å². The Morgan fingerprint density at radius 3 is 2.67 bits per heavy atom. The number of benzene rings is 2. The van der Waals surface area contributed by atoms with Gasteiger partial charge >= 0.3 is 0 Å². The summed E-state index contributed by atoms with van der Waals surface area (Å²) >= 11 is 1.50. The van der Waals surface area contributed by atoms with Gasteiger partial charge in [0.2, 0.25) is 15.9 Å². The molecule has 1 unspecified atom stereocenters. The van der Waals surface area contributed by atoms with Crippen molar-refractivity contribution in [2.24, 2.45) is 5.92 Å². The zero-order chi connectivity index (χ0) is 25.3. The maximum Gasteiger partial charge on any atom is 0.245 e. The third-order valence-electron chi connectivity index (χ3n) is 7.01. The Balaban J connectivity index is 1.35. The largest absolute Gasteiger partial charge is 0.376 e. The average molecular weight is 532 g/mol. The van der Waals surface area contributed by atoms with Gasteiger partial charge in [0, 0.05) is 25.6 Å². The molecule has 2 aliphatic heterocycles. The maximum absolute atomic E-state index is 14.2. The van der Waals surface area contributed by atoms with Gasteiger partial charge in [-0.3, -0.25) is 9.69 Å². The van der Waals surface area contributed by atoms with Gasteiger partial charge in [-0.05, 0) is 61.9 Å². The summed E-state index contributed by atoms with van der Waals surface area (Å²) in [4.78, 5) is 20.0. The highest BCUT2D eigenvalue weighted by atomic mass is 32.2. The maximum atomic E-state index is 14.2. The highest BCUT2D eigenvalue weighted by Gasteiger charge is 2.37. The quantitative estimate of drug-likeness (QED) is 0.445. The number of thiazole rings is 1. The third kappa shape index (κ3) is 5.04. The van der Waals surface area contributed by atoms with Crippen LogP contribution in [-0.2, 0) is 26.0 Å². The van der Waals surface area contributed by atoms with Gasteiger partial charge in [-0.1, -0.05) is 36.5 Å². The van der Waals surface area contributed by atoms with E-state index in [1.807, 2.05) is 6.07 Å². The van der Waals surface area contributed by atoms with Crippen LogP contribution in [0.3, 0.4) is 0 Å². The van der Waals surface area contributed by atoms with Gasteiger partial charge in [0.1, 0.15) is 10.7 Å².